The minimum absolute atomic E-state index is 0.0187. The summed E-state index contributed by atoms with van der Waals surface area (Å²) in [6, 6.07) is 8.36. The molecule has 8 nitrogen and oxygen atoms in total. The minimum Gasteiger partial charge on any atom is -0.396 e. The standard InChI is InChI=1S/C23H32N6O2/c1-3-21(22-25-26-27-29(22)19-7-4-5-8-19)28(11-6-12-30)15-18-14-17-13-16(2)9-10-20(17)24-23(18)31/h9-10,13-14,19,21,30H,3-8,11-12,15H2,1-2H3,(H,24,31). The van der Waals surface area contributed by atoms with Gasteiger partial charge in [0.1, 0.15) is 0 Å². The smallest absolute Gasteiger partial charge is 0.252 e. The van der Waals surface area contributed by atoms with Crippen LogP contribution >= 0.6 is 0 Å². The minimum atomic E-state index is -0.0735. The Bertz CT molecular complexity index is 1070. The van der Waals surface area contributed by atoms with Crippen LogP contribution in [0.15, 0.2) is 29.1 Å². The molecule has 1 aromatic carbocycles. The Morgan fingerprint density at radius 3 is 2.84 bits per heavy atom. The first kappa shape index (κ1) is 21.6. The molecule has 0 radical (unpaired) electrons. The quantitative estimate of drug-likeness (QED) is 0.547. The third-order valence-corrected chi connectivity index (χ3v) is 6.37. The number of nitrogens with zero attached hydrogens (tertiary/aromatic N) is 5. The molecule has 1 unspecified atom stereocenters. The van der Waals surface area contributed by atoms with Crippen molar-refractivity contribution in [3.8, 4) is 0 Å². The van der Waals surface area contributed by atoms with Crippen LogP contribution in [0.3, 0.4) is 0 Å². The van der Waals surface area contributed by atoms with Gasteiger partial charge in [0.15, 0.2) is 5.82 Å². The molecule has 1 aliphatic carbocycles. The number of aromatic amines is 1. The molecule has 4 rings (SSSR count). The van der Waals surface area contributed by atoms with Gasteiger partial charge in [-0.3, -0.25) is 9.69 Å². The number of rotatable bonds is 9. The number of benzene rings is 1. The molecule has 8 heteroatoms. The van der Waals surface area contributed by atoms with Crippen LogP contribution in [0.1, 0.15) is 74.5 Å². The van der Waals surface area contributed by atoms with Crippen LogP contribution in [0.2, 0.25) is 0 Å². The van der Waals surface area contributed by atoms with E-state index in [9.17, 15) is 9.90 Å². The lowest BCUT2D eigenvalue weighted by Crippen LogP contribution is -2.34. The molecule has 2 N–H and O–H groups in total. The summed E-state index contributed by atoms with van der Waals surface area (Å²) in [5, 5.41) is 23.2. The van der Waals surface area contributed by atoms with Crippen LogP contribution in [0.4, 0.5) is 0 Å². The van der Waals surface area contributed by atoms with E-state index in [4.69, 9.17) is 0 Å². The van der Waals surface area contributed by atoms with E-state index in [2.05, 4.69) is 38.4 Å². The van der Waals surface area contributed by atoms with Crippen molar-refractivity contribution in [3.05, 3.63) is 51.6 Å². The molecule has 2 aromatic heterocycles. The van der Waals surface area contributed by atoms with E-state index in [-0.39, 0.29) is 18.2 Å². The number of hydrogen-bond donors (Lipinski definition) is 2. The summed E-state index contributed by atoms with van der Waals surface area (Å²) >= 11 is 0. The summed E-state index contributed by atoms with van der Waals surface area (Å²) in [6.07, 6.45) is 6.08. The van der Waals surface area contributed by atoms with E-state index in [1.807, 2.05) is 29.8 Å². The van der Waals surface area contributed by atoms with Gasteiger partial charge in [-0.1, -0.05) is 31.4 Å². The second kappa shape index (κ2) is 9.70. The number of tetrazole rings is 1. The predicted octanol–water partition coefficient (Wildman–Crippen LogP) is 3.27. The number of fused-ring (bicyclic) bond motifs is 1. The molecule has 0 amide bonds. The number of aliphatic hydroxyl groups is 1. The van der Waals surface area contributed by atoms with E-state index < -0.39 is 0 Å². The maximum atomic E-state index is 12.8. The van der Waals surface area contributed by atoms with Crippen LogP contribution in [0.5, 0.6) is 0 Å². The summed E-state index contributed by atoms with van der Waals surface area (Å²) in [5.41, 5.74) is 2.65. The van der Waals surface area contributed by atoms with Crippen LogP contribution in [0, 0.1) is 6.92 Å². The van der Waals surface area contributed by atoms with Crippen molar-refractivity contribution >= 4 is 10.9 Å². The monoisotopic (exact) mass is 424 g/mol. The van der Waals surface area contributed by atoms with E-state index in [0.717, 1.165) is 47.1 Å². The third-order valence-electron chi connectivity index (χ3n) is 6.37. The van der Waals surface area contributed by atoms with Gasteiger partial charge < -0.3 is 10.1 Å². The van der Waals surface area contributed by atoms with Crippen LogP contribution in [0.25, 0.3) is 10.9 Å². The maximum absolute atomic E-state index is 12.8. The molecule has 1 saturated carbocycles. The molecule has 0 bridgehead atoms. The Kier molecular flexibility index (Phi) is 6.77. The molecule has 166 valence electrons. The number of nitrogens with one attached hydrogen (secondary N) is 1. The van der Waals surface area contributed by atoms with Gasteiger partial charge in [-0.05, 0) is 66.6 Å². The zero-order valence-corrected chi connectivity index (χ0v) is 18.4. The molecule has 31 heavy (non-hydrogen) atoms. The summed E-state index contributed by atoms with van der Waals surface area (Å²) in [6.45, 7) is 5.42. The average Bonchev–Trinajstić information content (AvgIpc) is 3.45. The predicted molar refractivity (Wildman–Crippen MR) is 120 cm³/mol. The lowest BCUT2D eigenvalue weighted by atomic mass is 10.1. The summed E-state index contributed by atoms with van der Waals surface area (Å²) in [5.74, 6) is 0.861. The Labute approximate surface area is 182 Å². The van der Waals surface area contributed by atoms with Crippen molar-refractivity contribution < 1.29 is 5.11 Å². The highest BCUT2D eigenvalue weighted by Gasteiger charge is 2.29. The van der Waals surface area contributed by atoms with Crippen molar-refractivity contribution in [2.45, 2.75) is 71.0 Å². The number of aryl methyl sites for hydroxylation is 1. The molecule has 1 aliphatic rings. The molecular weight excluding hydrogens is 392 g/mol. The average molecular weight is 425 g/mol. The molecule has 2 heterocycles. The number of hydrogen-bond acceptors (Lipinski definition) is 6. The fourth-order valence-electron chi connectivity index (χ4n) is 4.76. The lowest BCUT2D eigenvalue weighted by Gasteiger charge is -2.30. The normalized spacial score (nSPS) is 15.9. The second-order valence-electron chi connectivity index (χ2n) is 8.61. The van der Waals surface area contributed by atoms with Gasteiger partial charge >= 0.3 is 0 Å². The molecule has 1 atom stereocenters. The zero-order chi connectivity index (χ0) is 21.8. The molecular formula is C23H32N6O2. The van der Waals surface area contributed by atoms with Gasteiger partial charge in [0.2, 0.25) is 0 Å². The van der Waals surface area contributed by atoms with Gasteiger partial charge in [-0.15, -0.1) is 5.10 Å². The van der Waals surface area contributed by atoms with Crippen LogP contribution in [-0.4, -0.2) is 48.3 Å². The largest absolute Gasteiger partial charge is 0.396 e. The number of aliphatic hydroxyl groups excluding tert-OH is 1. The Morgan fingerprint density at radius 2 is 2.10 bits per heavy atom. The first-order chi connectivity index (χ1) is 15.1. The highest BCUT2D eigenvalue weighted by Crippen LogP contribution is 2.33. The maximum Gasteiger partial charge on any atom is 0.252 e. The molecule has 3 aromatic rings. The molecule has 0 aliphatic heterocycles. The third kappa shape index (κ3) is 4.70. The van der Waals surface area contributed by atoms with Crippen molar-refractivity contribution in [1.29, 1.82) is 0 Å². The molecule has 0 saturated heterocycles. The fraction of sp³-hybridized carbons (Fsp3) is 0.565. The summed E-state index contributed by atoms with van der Waals surface area (Å²) in [7, 11) is 0. The highest BCUT2D eigenvalue weighted by atomic mass is 16.3. The summed E-state index contributed by atoms with van der Waals surface area (Å²) < 4.78 is 2.00. The van der Waals surface area contributed by atoms with E-state index in [1.165, 1.54) is 12.8 Å². The number of aromatic nitrogens is 5. The van der Waals surface area contributed by atoms with Crippen LogP contribution in [-0.2, 0) is 6.54 Å². The van der Waals surface area contributed by atoms with Crippen LogP contribution < -0.4 is 5.56 Å². The van der Waals surface area contributed by atoms with Crippen molar-refractivity contribution in [2.24, 2.45) is 0 Å². The Balaban J connectivity index is 1.67. The van der Waals surface area contributed by atoms with Gasteiger partial charge in [0, 0.05) is 30.8 Å². The Morgan fingerprint density at radius 1 is 1.29 bits per heavy atom. The highest BCUT2D eigenvalue weighted by molar-refractivity contribution is 5.79. The first-order valence-electron chi connectivity index (χ1n) is 11.4. The lowest BCUT2D eigenvalue weighted by molar-refractivity contribution is 0.150. The Hall–Kier alpha value is -2.58. The second-order valence-corrected chi connectivity index (χ2v) is 8.61. The number of H-pyrrole nitrogens is 1. The number of pyridine rings is 1. The zero-order valence-electron chi connectivity index (χ0n) is 18.4. The first-order valence-corrected chi connectivity index (χ1v) is 11.4. The van der Waals surface area contributed by atoms with Crippen molar-refractivity contribution in [1.82, 2.24) is 30.1 Å². The topological polar surface area (TPSA) is 99.9 Å². The van der Waals surface area contributed by atoms with Gasteiger partial charge in [-0.25, -0.2) is 4.68 Å². The molecule has 0 spiro atoms. The van der Waals surface area contributed by atoms with Gasteiger partial charge in [-0.2, -0.15) is 0 Å². The summed E-state index contributed by atoms with van der Waals surface area (Å²) in [4.78, 5) is 18.1. The van der Waals surface area contributed by atoms with Crippen molar-refractivity contribution in [3.63, 3.8) is 0 Å². The SMILES string of the molecule is CCC(c1nnnn1C1CCCC1)N(CCCO)Cc1cc2cc(C)ccc2[nH]c1=O. The van der Waals surface area contributed by atoms with E-state index in [1.54, 1.807) is 0 Å². The molecule has 1 fully saturated rings. The van der Waals surface area contributed by atoms with Crippen molar-refractivity contribution in [2.75, 3.05) is 13.2 Å². The van der Waals surface area contributed by atoms with E-state index in [0.29, 0.717) is 25.6 Å². The van der Waals surface area contributed by atoms with Gasteiger partial charge in [0.25, 0.3) is 5.56 Å². The van der Waals surface area contributed by atoms with Gasteiger partial charge in [0.05, 0.1) is 12.1 Å². The van der Waals surface area contributed by atoms with E-state index >= 15 is 0 Å². The fourth-order valence-corrected chi connectivity index (χ4v) is 4.76.